The van der Waals surface area contributed by atoms with Crippen LogP contribution in [0.3, 0.4) is 0 Å². The zero-order valence-corrected chi connectivity index (χ0v) is 19.4. The Hall–Kier alpha value is -3.79. The molecule has 2 aromatic heterocycles. The number of benzene rings is 2. The molecule has 0 unspecified atom stereocenters. The van der Waals surface area contributed by atoms with Crippen LogP contribution in [0.1, 0.15) is 11.1 Å². The van der Waals surface area contributed by atoms with Gasteiger partial charge in [-0.15, -0.1) is 0 Å². The molecule has 2 aromatic carbocycles. The molecule has 0 saturated carbocycles. The fourth-order valence-electron chi connectivity index (χ4n) is 3.44. The van der Waals surface area contributed by atoms with Gasteiger partial charge < -0.3 is 10.1 Å². The molecule has 0 saturated heterocycles. The van der Waals surface area contributed by atoms with Gasteiger partial charge in [0.1, 0.15) is 5.75 Å². The number of aromatic nitrogens is 3. The lowest BCUT2D eigenvalue weighted by atomic mass is 10.1. The number of fused-ring (bicyclic) bond motifs is 1. The van der Waals surface area contributed by atoms with Gasteiger partial charge in [0, 0.05) is 18.9 Å². The monoisotopic (exact) mass is 496 g/mol. The molecule has 2 heterocycles. The van der Waals surface area contributed by atoms with Crippen LogP contribution in [0, 0.1) is 0 Å². The number of nitrogens with one attached hydrogen (secondary N) is 1. The van der Waals surface area contributed by atoms with Gasteiger partial charge in [-0.1, -0.05) is 42.1 Å². The molecule has 0 fully saturated rings. The maximum Gasteiger partial charge on any atom is 0.387 e. The molecule has 0 aliphatic heterocycles. The molecule has 0 bridgehead atoms. The van der Waals surface area contributed by atoms with E-state index >= 15 is 0 Å². The Morgan fingerprint density at radius 2 is 1.86 bits per heavy atom. The van der Waals surface area contributed by atoms with Crippen LogP contribution in [0.2, 0.25) is 0 Å². The molecule has 1 amide bonds. The van der Waals surface area contributed by atoms with E-state index in [9.17, 15) is 18.4 Å². The highest BCUT2D eigenvalue weighted by Crippen LogP contribution is 2.19. The van der Waals surface area contributed by atoms with E-state index in [0.717, 1.165) is 11.1 Å². The Morgan fingerprint density at radius 1 is 1.06 bits per heavy atom. The molecule has 0 atom stereocenters. The van der Waals surface area contributed by atoms with E-state index in [1.807, 2.05) is 12.1 Å². The van der Waals surface area contributed by atoms with E-state index in [1.165, 1.54) is 23.9 Å². The minimum atomic E-state index is -2.87. The molecule has 7 nitrogen and oxygen atoms in total. The van der Waals surface area contributed by atoms with Crippen LogP contribution in [0.25, 0.3) is 10.9 Å². The van der Waals surface area contributed by atoms with Gasteiger partial charge in [0.05, 0.1) is 23.2 Å². The maximum atomic E-state index is 13.1. The summed E-state index contributed by atoms with van der Waals surface area (Å²) in [5.74, 6) is -0.0358. The van der Waals surface area contributed by atoms with Crippen LogP contribution < -0.4 is 15.6 Å². The molecular formula is C25H22F2N4O3S. The second-order valence-corrected chi connectivity index (χ2v) is 8.52. The van der Waals surface area contributed by atoms with Crippen LogP contribution in [0.15, 0.2) is 83.0 Å². The summed E-state index contributed by atoms with van der Waals surface area (Å²) >= 11 is 1.19. The molecule has 35 heavy (non-hydrogen) atoms. The molecule has 0 aliphatic rings. The smallest absolute Gasteiger partial charge is 0.387 e. The molecule has 0 spiro atoms. The van der Waals surface area contributed by atoms with Gasteiger partial charge in [-0.3, -0.25) is 19.1 Å². The number of ether oxygens (including phenoxy) is 1. The molecule has 1 N–H and O–H groups in total. The summed E-state index contributed by atoms with van der Waals surface area (Å²) in [5, 5.41) is 3.79. The van der Waals surface area contributed by atoms with Gasteiger partial charge in [0.2, 0.25) is 5.91 Å². The lowest BCUT2D eigenvalue weighted by Gasteiger charge is -2.13. The van der Waals surface area contributed by atoms with Crippen LogP contribution in [0.5, 0.6) is 5.75 Å². The zero-order chi connectivity index (χ0) is 24.6. The van der Waals surface area contributed by atoms with Crippen molar-refractivity contribution in [1.82, 2.24) is 19.9 Å². The van der Waals surface area contributed by atoms with Crippen molar-refractivity contribution in [3.05, 3.63) is 94.5 Å². The number of thioether (sulfide) groups is 1. The van der Waals surface area contributed by atoms with Crippen molar-refractivity contribution < 1.29 is 18.3 Å². The Bertz CT molecular complexity index is 1350. The SMILES string of the molecule is O=C(CSc1nc2ccccc2c(=O)n1Cc1cccnc1)NCCc1ccc(OC(F)F)cc1. The predicted octanol–water partition coefficient (Wildman–Crippen LogP) is 3.89. The number of alkyl halides is 2. The lowest BCUT2D eigenvalue weighted by Crippen LogP contribution is -2.28. The number of rotatable bonds is 10. The number of para-hydroxylation sites is 1. The van der Waals surface area contributed by atoms with Crippen LogP contribution in [0.4, 0.5) is 8.78 Å². The van der Waals surface area contributed by atoms with Gasteiger partial charge in [-0.05, 0) is 47.9 Å². The van der Waals surface area contributed by atoms with E-state index in [4.69, 9.17) is 0 Å². The quantitative estimate of drug-likeness (QED) is 0.265. The number of carbonyl (C=O) groups is 1. The number of hydrogen-bond acceptors (Lipinski definition) is 6. The van der Waals surface area contributed by atoms with E-state index in [1.54, 1.807) is 53.4 Å². The summed E-state index contributed by atoms with van der Waals surface area (Å²) in [6.45, 7) is -2.20. The average molecular weight is 497 g/mol. The number of hydrogen-bond donors (Lipinski definition) is 1. The van der Waals surface area contributed by atoms with E-state index in [2.05, 4.69) is 20.0 Å². The Labute approximate surface area is 204 Å². The normalized spacial score (nSPS) is 11.1. The highest BCUT2D eigenvalue weighted by molar-refractivity contribution is 7.99. The highest BCUT2D eigenvalue weighted by Gasteiger charge is 2.14. The second-order valence-electron chi connectivity index (χ2n) is 7.58. The fourth-order valence-corrected chi connectivity index (χ4v) is 4.26. The molecule has 4 rings (SSSR count). The number of halogens is 2. The first kappa shape index (κ1) is 24.3. The highest BCUT2D eigenvalue weighted by atomic mass is 32.2. The summed E-state index contributed by atoms with van der Waals surface area (Å²) in [6.07, 6.45) is 3.89. The van der Waals surface area contributed by atoms with Crippen LogP contribution in [-0.4, -0.2) is 39.4 Å². The minimum absolute atomic E-state index is 0.0823. The summed E-state index contributed by atoms with van der Waals surface area (Å²) in [4.78, 5) is 34.3. The zero-order valence-electron chi connectivity index (χ0n) is 18.6. The van der Waals surface area contributed by atoms with Gasteiger partial charge in [-0.2, -0.15) is 8.78 Å². The second kappa shape index (κ2) is 11.6. The number of pyridine rings is 1. The fraction of sp³-hybridized carbons (Fsp3) is 0.200. The third-order valence-electron chi connectivity index (χ3n) is 5.11. The first-order valence-electron chi connectivity index (χ1n) is 10.8. The standard InChI is InChI=1S/C25H22F2N4O3S/c26-24(27)34-19-9-7-17(8-10-19)11-13-29-22(32)16-35-25-30-21-6-2-1-5-20(21)23(33)31(25)15-18-4-3-12-28-14-18/h1-10,12,14,24H,11,13,15-16H2,(H,29,32). The summed E-state index contributed by atoms with van der Waals surface area (Å²) in [7, 11) is 0. The van der Waals surface area contributed by atoms with Crippen molar-refractivity contribution in [2.75, 3.05) is 12.3 Å². The minimum Gasteiger partial charge on any atom is -0.435 e. The molecular weight excluding hydrogens is 474 g/mol. The molecule has 180 valence electrons. The van der Waals surface area contributed by atoms with Crippen LogP contribution in [-0.2, 0) is 17.8 Å². The van der Waals surface area contributed by atoms with Gasteiger partial charge in [0.15, 0.2) is 5.16 Å². The Kier molecular flexibility index (Phi) is 8.04. The maximum absolute atomic E-state index is 13.1. The van der Waals surface area contributed by atoms with Crippen molar-refractivity contribution in [1.29, 1.82) is 0 Å². The van der Waals surface area contributed by atoms with Crippen molar-refractivity contribution >= 4 is 28.6 Å². The summed E-state index contributed by atoms with van der Waals surface area (Å²) in [5.41, 5.74) is 2.12. The Balaban J connectivity index is 1.39. The summed E-state index contributed by atoms with van der Waals surface area (Å²) in [6, 6.07) is 17.1. The van der Waals surface area contributed by atoms with Crippen molar-refractivity contribution in [2.45, 2.75) is 24.7 Å². The van der Waals surface area contributed by atoms with Crippen molar-refractivity contribution in [3.63, 3.8) is 0 Å². The molecule has 4 aromatic rings. The number of amides is 1. The van der Waals surface area contributed by atoms with E-state index in [0.29, 0.717) is 35.6 Å². The van der Waals surface area contributed by atoms with Crippen molar-refractivity contribution in [2.24, 2.45) is 0 Å². The molecule has 10 heteroatoms. The van der Waals surface area contributed by atoms with Gasteiger partial charge in [-0.25, -0.2) is 4.98 Å². The average Bonchev–Trinajstić information content (AvgIpc) is 2.86. The van der Waals surface area contributed by atoms with E-state index < -0.39 is 6.61 Å². The Morgan fingerprint density at radius 3 is 2.60 bits per heavy atom. The largest absolute Gasteiger partial charge is 0.435 e. The van der Waals surface area contributed by atoms with Crippen molar-refractivity contribution in [3.8, 4) is 5.75 Å². The molecule has 0 aliphatic carbocycles. The number of carbonyl (C=O) groups excluding carboxylic acids is 1. The lowest BCUT2D eigenvalue weighted by molar-refractivity contribution is -0.118. The van der Waals surface area contributed by atoms with E-state index in [-0.39, 0.29) is 23.0 Å². The predicted molar refractivity (Wildman–Crippen MR) is 130 cm³/mol. The first-order valence-corrected chi connectivity index (χ1v) is 11.8. The number of nitrogens with zero attached hydrogens (tertiary/aromatic N) is 3. The third kappa shape index (κ3) is 6.63. The first-order chi connectivity index (χ1) is 17.0. The topological polar surface area (TPSA) is 86.1 Å². The van der Waals surface area contributed by atoms with Gasteiger partial charge >= 0.3 is 6.61 Å². The van der Waals surface area contributed by atoms with Crippen LogP contribution >= 0.6 is 11.8 Å². The summed E-state index contributed by atoms with van der Waals surface area (Å²) < 4.78 is 30.4. The molecule has 0 radical (unpaired) electrons. The third-order valence-corrected chi connectivity index (χ3v) is 6.08. The van der Waals surface area contributed by atoms with Gasteiger partial charge in [0.25, 0.3) is 5.56 Å².